The first-order valence-electron chi connectivity index (χ1n) is 15.6. The van der Waals surface area contributed by atoms with E-state index >= 15 is 0 Å². The van der Waals surface area contributed by atoms with E-state index in [0.717, 1.165) is 54.6 Å². The number of halogens is 1. The lowest BCUT2D eigenvalue weighted by Gasteiger charge is -2.35. The number of nitrogen functional groups attached to an aromatic ring is 2. The molecule has 1 amide bonds. The molecule has 1 aromatic heterocycles. The Bertz CT molecular complexity index is 1300. The van der Waals surface area contributed by atoms with E-state index in [1.807, 2.05) is 43.3 Å². The van der Waals surface area contributed by atoms with Crippen molar-refractivity contribution < 1.29 is 34.1 Å². The van der Waals surface area contributed by atoms with Crippen LogP contribution in [0.15, 0.2) is 48.5 Å². The zero-order chi connectivity index (χ0) is 33.5. The van der Waals surface area contributed by atoms with E-state index in [0.29, 0.717) is 25.3 Å². The molecule has 12 nitrogen and oxygen atoms in total. The first-order chi connectivity index (χ1) is 22.0. The summed E-state index contributed by atoms with van der Waals surface area (Å²) in [5.74, 6) is 0.817. The Hall–Kier alpha value is -3.68. The lowest BCUT2D eigenvalue weighted by atomic mass is 10.1. The Morgan fingerprint density at radius 3 is 1.89 bits per heavy atom. The van der Waals surface area contributed by atoms with Crippen molar-refractivity contribution in [3.8, 4) is 11.5 Å². The number of aliphatic hydroxyl groups excluding tert-OH is 3. The van der Waals surface area contributed by atoms with Gasteiger partial charge in [0.2, 0.25) is 0 Å². The van der Waals surface area contributed by atoms with E-state index in [4.69, 9.17) is 37.6 Å². The molecule has 0 saturated heterocycles. The van der Waals surface area contributed by atoms with Crippen LogP contribution >= 0.6 is 11.6 Å². The average molecular weight is 660 g/mol. The number of aromatic nitrogens is 2. The Morgan fingerprint density at radius 1 is 0.870 bits per heavy atom. The molecule has 2 aromatic carbocycles. The van der Waals surface area contributed by atoms with Crippen LogP contribution in [0.2, 0.25) is 5.15 Å². The number of anilines is 2. The summed E-state index contributed by atoms with van der Waals surface area (Å²) in [6.07, 6.45) is 2.89. The number of benzene rings is 2. The second kappa shape index (κ2) is 18.5. The van der Waals surface area contributed by atoms with Gasteiger partial charge in [0.05, 0.1) is 45.9 Å². The number of hydrogen-bond donors (Lipinski definition) is 6. The summed E-state index contributed by atoms with van der Waals surface area (Å²) in [7, 11) is 2.19. The van der Waals surface area contributed by atoms with Gasteiger partial charge in [-0.3, -0.25) is 4.79 Å². The molecule has 3 rings (SSSR count). The molecular formula is C33H48ClN6O6+. The lowest BCUT2D eigenvalue weighted by molar-refractivity contribution is -0.908. The Balaban J connectivity index is 1.57. The zero-order valence-electron chi connectivity index (χ0n) is 26.7. The number of nitrogens with two attached hydrogens (primary N) is 2. The van der Waals surface area contributed by atoms with Crippen molar-refractivity contribution in [3.05, 3.63) is 70.5 Å². The van der Waals surface area contributed by atoms with Crippen LogP contribution in [0.1, 0.15) is 47.8 Å². The van der Waals surface area contributed by atoms with Crippen molar-refractivity contribution in [2.75, 3.05) is 64.5 Å². The summed E-state index contributed by atoms with van der Waals surface area (Å²) >= 11 is 5.96. The van der Waals surface area contributed by atoms with Gasteiger partial charge in [-0.25, -0.2) is 9.97 Å². The van der Waals surface area contributed by atoms with E-state index in [9.17, 15) is 15.0 Å². The van der Waals surface area contributed by atoms with Crippen LogP contribution in [0.25, 0.3) is 0 Å². The second-order valence-corrected chi connectivity index (χ2v) is 12.1. The highest BCUT2D eigenvalue weighted by atomic mass is 35.5. The quantitative estimate of drug-likeness (QED) is 0.0985. The number of nitrogens with one attached hydrogen (secondary N) is 1. The van der Waals surface area contributed by atoms with Crippen LogP contribution in [-0.4, -0.2) is 101 Å². The minimum absolute atomic E-state index is 0.0277. The number of likely N-dealkylation sites (N-methyl/N-ethyl adjacent to an activating group) is 1. The molecule has 1 heterocycles. The minimum Gasteiger partial charge on any atom is -0.491 e. The lowest BCUT2D eigenvalue weighted by Crippen LogP contribution is -2.50. The van der Waals surface area contributed by atoms with Crippen LogP contribution in [0, 0.1) is 0 Å². The van der Waals surface area contributed by atoms with Crippen LogP contribution in [-0.2, 0) is 12.8 Å². The van der Waals surface area contributed by atoms with E-state index in [2.05, 4.69) is 34.5 Å². The number of ether oxygens (including phenoxy) is 2. The third-order valence-electron chi connectivity index (χ3n) is 7.80. The summed E-state index contributed by atoms with van der Waals surface area (Å²) in [6.45, 7) is 4.76. The third kappa shape index (κ3) is 12.3. The monoisotopic (exact) mass is 659 g/mol. The smallest absolute Gasteiger partial charge is 0.273 e. The van der Waals surface area contributed by atoms with E-state index in [1.165, 1.54) is 5.56 Å². The fraction of sp³-hybridized carbons (Fsp3) is 0.485. The summed E-state index contributed by atoms with van der Waals surface area (Å²) in [6, 6.07) is 15.7. The van der Waals surface area contributed by atoms with Crippen LogP contribution in [0.4, 0.5) is 11.6 Å². The summed E-state index contributed by atoms with van der Waals surface area (Å²) < 4.78 is 11.9. The fourth-order valence-corrected chi connectivity index (χ4v) is 4.98. The minimum atomic E-state index is -0.909. The maximum absolute atomic E-state index is 12.8. The Labute approximate surface area is 275 Å². The van der Waals surface area contributed by atoms with Gasteiger partial charge < -0.3 is 46.1 Å². The molecule has 0 radical (unpaired) electrons. The van der Waals surface area contributed by atoms with Gasteiger partial charge in [0.1, 0.15) is 30.8 Å². The number of aryl methyl sites for hydroxylation is 2. The van der Waals surface area contributed by atoms with Gasteiger partial charge in [-0.05, 0) is 54.7 Å². The van der Waals surface area contributed by atoms with Gasteiger partial charge in [-0.1, -0.05) is 42.8 Å². The van der Waals surface area contributed by atoms with Gasteiger partial charge in [0.25, 0.3) is 5.91 Å². The SMILES string of the molecule is CCC(O)COc1ccc(CCC[N+](C)(CCCc2ccc(OCC(O)CO)cc2)CCNC(=O)c2nc(Cl)c(N)nc2N)cc1. The van der Waals surface area contributed by atoms with Gasteiger partial charge in [-0.2, -0.15) is 0 Å². The van der Waals surface area contributed by atoms with Crippen LogP contribution in [0.3, 0.4) is 0 Å². The normalized spacial score (nSPS) is 13.9. The van der Waals surface area contributed by atoms with Crippen LogP contribution in [0.5, 0.6) is 11.5 Å². The predicted molar refractivity (Wildman–Crippen MR) is 179 cm³/mol. The number of nitrogens with zero attached hydrogens (tertiary/aromatic N) is 3. The molecule has 3 atom stereocenters. The fourth-order valence-electron chi connectivity index (χ4n) is 4.86. The molecule has 13 heteroatoms. The largest absolute Gasteiger partial charge is 0.491 e. The van der Waals surface area contributed by atoms with Crippen molar-refractivity contribution in [1.29, 1.82) is 0 Å². The standard InChI is InChI=1S/C33H47ClN6O6/c1-3-25(42)21-45-27-12-8-23(9-13-27)6-4-17-40(2,19-16-37-33(44)29-31(35)39-32(36)30(34)38-29)18-5-7-24-10-14-28(15-11-24)46-22-26(43)20-41/h8-15,25-26,41-43H,3-7,16-22H2,1-2H3,(H4-,35,36,37,39,44)/p+1. The number of carbonyl (C=O) groups is 1. The molecule has 0 saturated carbocycles. The molecular weight excluding hydrogens is 612 g/mol. The van der Waals surface area contributed by atoms with Crippen molar-refractivity contribution >= 4 is 29.1 Å². The molecule has 0 bridgehead atoms. The maximum Gasteiger partial charge on any atom is 0.273 e. The van der Waals surface area contributed by atoms with Crippen molar-refractivity contribution in [2.24, 2.45) is 0 Å². The molecule has 0 aliphatic heterocycles. The Kier molecular flexibility index (Phi) is 14.8. The van der Waals surface area contributed by atoms with Gasteiger partial charge >= 0.3 is 0 Å². The van der Waals surface area contributed by atoms with Crippen molar-refractivity contribution in [1.82, 2.24) is 15.3 Å². The molecule has 0 spiro atoms. The first kappa shape index (κ1) is 36.8. The summed E-state index contributed by atoms with van der Waals surface area (Å²) in [5, 5.41) is 31.0. The highest BCUT2D eigenvalue weighted by Gasteiger charge is 2.23. The average Bonchev–Trinajstić information content (AvgIpc) is 3.05. The maximum atomic E-state index is 12.8. The number of rotatable bonds is 20. The second-order valence-electron chi connectivity index (χ2n) is 11.7. The molecule has 3 aromatic rings. The summed E-state index contributed by atoms with van der Waals surface area (Å²) in [5.41, 5.74) is 13.8. The molecule has 0 aliphatic rings. The molecule has 46 heavy (non-hydrogen) atoms. The number of hydrogen-bond acceptors (Lipinski definition) is 10. The molecule has 0 fully saturated rings. The van der Waals surface area contributed by atoms with Crippen LogP contribution < -0.4 is 26.3 Å². The van der Waals surface area contributed by atoms with Crippen molar-refractivity contribution in [2.45, 2.75) is 51.2 Å². The number of amides is 1. The number of carbonyl (C=O) groups excluding carboxylic acids is 1. The number of aliphatic hydroxyl groups is 3. The third-order valence-corrected chi connectivity index (χ3v) is 8.08. The number of quaternary nitrogens is 1. The van der Waals surface area contributed by atoms with E-state index in [1.54, 1.807) is 0 Å². The Morgan fingerprint density at radius 2 is 1.39 bits per heavy atom. The van der Waals surface area contributed by atoms with Gasteiger partial charge in [0.15, 0.2) is 22.5 Å². The van der Waals surface area contributed by atoms with E-state index in [-0.39, 0.29) is 42.3 Å². The molecule has 3 unspecified atom stereocenters. The molecule has 8 N–H and O–H groups in total. The summed E-state index contributed by atoms with van der Waals surface area (Å²) in [4.78, 5) is 20.7. The first-order valence-corrected chi connectivity index (χ1v) is 16.0. The molecule has 0 aliphatic carbocycles. The van der Waals surface area contributed by atoms with Crippen molar-refractivity contribution in [3.63, 3.8) is 0 Å². The predicted octanol–water partition coefficient (Wildman–Crippen LogP) is 2.62. The molecule has 252 valence electrons. The highest BCUT2D eigenvalue weighted by Crippen LogP contribution is 2.19. The van der Waals surface area contributed by atoms with Gasteiger partial charge in [0, 0.05) is 12.8 Å². The topological polar surface area (TPSA) is 186 Å². The van der Waals surface area contributed by atoms with Gasteiger partial charge in [-0.15, -0.1) is 0 Å². The highest BCUT2D eigenvalue weighted by molar-refractivity contribution is 6.31. The zero-order valence-corrected chi connectivity index (χ0v) is 27.5. The van der Waals surface area contributed by atoms with E-state index < -0.39 is 18.1 Å².